The molecule has 12 heavy (non-hydrogen) atoms. The van der Waals surface area contributed by atoms with Gasteiger partial charge in [0.1, 0.15) is 0 Å². The van der Waals surface area contributed by atoms with E-state index in [0.717, 1.165) is 0 Å². The first-order valence-electron chi connectivity index (χ1n) is 4.09. The lowest BCUT2D eigenvalue weighted by molar-refractivity contribution is -0.124. The predicted molar refractivity (Wildman–Crippen MR) is 51.2 cm³/mol. The van der Waals surface area contributed by atoms with Gasteiger partial charge in [-0.15, -0.1) is 0 Å². The second-order valence-electron chi connectivity index (χ2n) is 3.62. The van der Waals surface area contributed by atoms with Gasteiger partial charge in [0.05, 0.1) is 0 Å². The van der Waals surface area contributed by atoms with E-state index in [2.05, 4.69) is 10.6 Å². The molecule has 0 bridgehead atoms. The molecule has 1 saturated heterocycles. The van der Waals surface area contributed by atoms with E-state index in [1.165, 1.54) is 0 Å². The van der Waals surface area contributed by atoms with E-state index in [-0.39, 0.29) is 11.8 Å². The van der Waals surface area contributed by atoms with Crippen LogP contribution < -0.4 is 4.72 Å². The molecular weight excluding hydrogens is 174 g/mol. The molecule has 2 atom stereocenters. The van der Waals surface area contributed by atoms with Crippen LogP contribution in [0.25, 0.3) is 0 Å². The Bertz CT molecular complexity index is 279. The fourth-order valence-corrected chi connectivity index (χ4v) is 2.65. The van der Waals surface area contributed by atoms with Gasteiger partial charge in [-0.05, 0) is 18.2 Å². The summed E-state index contributed by atoms with van der Waals surface area (Å²) in [6, 6.07) is 0. The number of hydrogen-bond acceptors (Lipinski definition) is 2. The average molecular weight is 189 g/mol. The summed E-state index contributed by atoms with van der Waals surface area (Å²) in [5.74, 6) is 4.22. The zero-order valence-electron chi connectivity index (χ0n) is 7.50. The lowest BCUT2D eigenvalue weighted by atomic mass is 9.93. The first kappa shape index (κ1) is 9.58. The van der Waals surface area contributed by atoms with Crippen molar-refractivity contribution in [2.45, 2.75) is 20.3 Å². The van der Waals surface area contributed by atoms with Crippen molar-refractivity contribution in [1.29, 1.82) is 0 Å². The quantitative estimate of drug-likeness (QED) is 0.607. The van der Waals surface area contributed by atoms with Crippen LogP contribution in [0, 0.1) is 11.8 Å². The van der Waals surface area contributed by atoms with E-state index < -0.39 is 9.71 Å². The Hall–Kier alpha value is -0.510. The summed E-state index contributed by atoms with van der Waals surface area (Å²) in [4.78, 5) is 11.3. The van der Waals surface area contributed by atoms with Gasteiger partial charge in [0.2, 0.25) is 5.91 Å². The van der Waals surface area contributed by atoms with E-state index >= 15 is 0 Å². The van der Waals surface area contributed by atoms with Gasteiger partial charge in [0.15, 0.2) is 0 Å². The number of nitrogens with one attached hydrogen (secondary N) is 1. The van der Waals surface area contributed by atoms with E-state index in [1.54, 1.807) is 0 Å². The van der Waals surface area contributed by atoms with E-state index in [0.29, 0.717) is 18.1 Å². The Balaban J connectivity index is 2.73. The summed E-state index contributed by atoms with van der Waals surface area (Å²) in [5, 5.41) is 0. The molecule has 3 nitrogen and oxygen atoms in total. The summed E-state index contributed by atoms with van der Waals surface area (Å²) in [6.07, 6.45) is 0.700. The van der Waals surface area contributed by atoms with Gasteiger partial charge in [-0.25, -0.2) is 4.21 Å². The molecule has 1 aliphatic rings. The Labute approximate surface area is 73.7 Å². The SMILES string of the molecule is C=S1(=O)CCC(C(C)C)C(=O)N1. The maximum atomic E-state index is 11.3. The van der Waals surface area contributed by atoms with Crippen LogP contribution in [-0.4, -0.2) is 21.7 Å². The molecule has 4 heteroatoms. The van der Waals surface area contributed by atoms with Gasteiger partial charge in [-0.1, -0.05) is 13.8 Å². The molecule has 0 aromatic carbocycles. The van der Waals surface area contributed by atoms with Crippen LogP contribution in [0.2, 0.25) is 0 Å². The molecule has 0 aromatic rings. The summed E-state index contributed by atoms with van der Waals surface area (Å²) in [7, 11) is -2.30. The van der Waals surface area contributed by atoms with Crippen LogP contribution in [0.5, 0.6) is 0 Å². The second-order valence-corrected chi connectivity index (χ2v) is 5.86. The lowest BCUT2D eigenvalue weighted by Gasteiger charge is -2.27. The van der Waals surface area contributed by atoms with E-state index in [1.807, 2.05) is 13.8 Å². The number of amides is 1. The zero-order valence-corrected chi connectivity index (χ0v) is 8.32. The fourth-order valence-electron chi connectivity index (χ4n) is 1.39. The predicted octanol–water partition coefficient (Wildman–Crippen LogP) is 0.410. The van der Waals surface area contributed by atoms with Crippen molar-refractivity contribution in [2.75, 3.05) is 5.75 Å². The van der Waals surface area contributed by atoms with Gasteiger partial charge >= 0.3 is 0 Å². The molecule has 0 aliphatic carbocycles. The number of carbonyl (C=O) groups excluding carboxylic acids is 1. The summed E-state index contributed by atoms with van der Waals surface area (Å²) < 4.78 is 13.8. The molecular formula is C8H15NO2S. The zero-order chi connectivity index (χ0) is 9.35. The molecule has 1 aliphatic heterocycles. The summed E-state index contributed by atoms with van der Waals surface area (Å²) in [5.41, 5.74) is 0. The van der Waals surface area contributed by atoms with Gasteiger partial charge in [-0.3, -0.25) is 9.52 Å². The molecule has 1 fully saturated rings. The first-order valence-corrected chi connectivity index (χ1v) is 5.98. The Morgan fingerprint density at radius 3 is 2.67 bits per heavy atom. The van der Waals surface area contributed by atoms with Crippen molar-refractivity contribution >= 4 is 21.5 Å². The van der Waals surface area contributed by atoms with Crippen LogP contribution in [0.4, 0.5) is 0 Å². The molecule has 0 radical (unpaired) electrons. The maximum Gasteiger partial charge on any atom is 0.234 e. The van der Waals surface area contributed by atoms with E-state index in [4.69, 9.17) is 0 Å². The minimum atomic E-state index is -2.30. The van der Waals surface area contributed by atoms with Crippen LogP contribution in [-0.2, 0) is 14.5 Å². The second kappa shape index (κ2) is 3.09. The van der Waals surface area contributed by atoms with Gasteiger partial charge < -0.3 is 0 Å². The van der Waals surface area contributed by atoms with Crippen LogP contribution in [0.1, 0.15) is 20.3 Å². The molecule has 0 spiro atoms. The summed E-state index contributed by atoms with van der Waals surface area (Å²) >= 11 is 0. The molecule has 1 N–H and O–H groups in total. The number of carbonyl (C=O) groups is 1. The van der Waals surface area contributed by atoms with Crippen molar-refractivity contribution in [3.05, 3.63) is 0 Å². The van der Waals surface area contributed by atoms with Crippen molar-refractivity contribution in [1.82, 2.24) is 4.72 Å². The summed E-state index contributed by atoms with van der Waals surface area (Å²) in [6.45, 7) is 4.00. The molecule has 1 amide bonds. The largest absolute Gasteiger partial charge is 0.283 e. The molecule has 1 heterocycles. The topological polar surface area (TPSA) is 46.2 Å². The monoisotopic (exact) mass is 189 g/mol. The van der Waals surface area contributed by atoms with Crippen molar-refractivity contribution in [3.8, 4) is 0 Å². The van der Waals surface area contributed by atoms with Crippen LogP contribution in [0.3, 0.4) is 0 Å². The van der Waals surface area contributed by atoms with Gasteiger partial charge in [0, 0.05) is 21.4 Å². The standard InChI is InChI=1S/C8H15NO2S/c1-6(2)7-4-5-12(3,11)9-8(7)10/h6-7H,3-5H2,1-2H3,(H,9,10,11). The van der Waals surface area contributed by atoms with Gasteiger partial charge in [0.25, 0.3) is 0 Å². The third kappa shape index (κ3) is 2.00. The minimum absolute atomic E-state index is 0.0151. The number of rotatable bonds is 1. The lowest BCUT2D eigenvalue weighted by Crippen LogP contribution is -2.44. The highest BCUT2D eigenvalue weighted by Gasteiger charge is 2.29. The third-order valence-corrected chi connectivity index (χ3v) is 3.66. The smallest absolute Gasteiger partial charge is 0.234 e. The Morgan fingerprint density at radius 2 is 2.25 bits per heavy atom. The molecule has 0 saturated carbocycles. The normalized spacial score (nSPS) is 36.6. The third-order valence-electron chi connectivity index (χ3n) is 2.19. The highest BCUT2D eigenvalue weighted by Crippen LogP contribution is 2.19. The average Bonchev–Trinajstić information content (AvgIpc) is 1.83. The minimum Gasteiger partial charge on any atom is -0.283 e. The highest BCUT2D eigenvalue weighted by atomic mass is 32.2. The fraction of sp³-hybridized carbons (Fsp3) is 0.750. The van der Waals surface area contributed by atoms with Crippen LogP contribution in [0.15, 0.2) is 0 Å². The molecule has 2 unspecified atom stereocenters. The highest BCUT2D eigenvalue weighted by molar-refractivity contribution is 7.99. The Kier molecular flexibility index (Phi) is 2.46. The van der Waals surface area contributed by atoms with Crippen molar-refractivity contribution < 1.29 is 9.00 Å². The van der Waals surface area contributed by atoms with Gasteiger partial charge in [-0.2, -0.15) is 0 Å². The molecule has 1 rings (SSSR count). The van der Waals surface area contributed by atoms with Crippen LogP contribution >= 0.6 is 0 Å². The first-order chi connectivity index (χ1) is 5.42. The number of hydrogen-bond donors (Lipinski definition) is 1. The van der Waals surface area contributed by atoms with E-state index in [9.17, 15) is 9.00 Å². The molecule has 70 valence electrons. The maximum absolute atomic E-state index is 11.3. The van der Waals surface area contributed by atoms with Crippen molar-refractivity contribution in [3.63, 3.8) is 0 Å². The van der Waals surface area contributed by atoms with Crippen molar-refractivity contribution in [2.24, 2.45) is 11.8 Å². The Morgan fingerprint density at radius 1 is 1.67 bits per heavy atom. The molecule has 0 aromatic heterocycles.